The molecular formula is C17H20N2O2. The predicted octanol–water partition coefficient (Wildman–Crippen LogP) is 3.22. The second kappa shape index (κ2) is 5.28. The van der Waals surface area contributed by atoms with Crippen molar-refractivity contribution < 1.29 is 4.74 Å². The van der Waals surface area contributed by atoms with Crippen LogP contribution in [0.4, 0.5) is 5.69 Å². The molecule has 4 heteroatoms. The summed E-state index contributed by atoms with van der Waals surface area (Å²) in [4.78, 5) is 12.3. The van der Waals surface area contributed by atoms with E-state index >= 15 is 0 Å². The predicted molar refractivity (Wildman–Crippen MR) is 84.6 cm³/mol. The molecule has 1 aliphatic rings. The van der Waals surface area contributed by atoms with E-state index in [0.29, 0.717) is 5.69 Å². The number of hydrogen-bond donors (Lipinski definition) is 1. The van der Waals surface area contributed by atoms with Gasteiger partial charge in [0.05, 0.1) is 17.5 Å². The average Bonchev–Trinajstić information content (AvgIpc) is 3.25. The van der Waals surface area contributed by atoms with Crippen LogP contribution >= 0.6 is 0 Å². The van der Waals surface area contributed by atoms with Crippen LogP contribution in [0.25, 0.3) is 11.3 Å². The molecule has 1 heterocycles. The van der Waals surface area contributed by atoms with E-state index in [1.807, 2.05) is 48.7 Å². The van der Waals surface area contributed by atoms with E-state index in [0.717, 1.165) is 29.8 Å². The van der Waals surface area contributed by atoms with E-state index in [1.165, 1.54) is 0 Å². The lowest BCUT2D eigenvalue weighted by Crippen LogP contribution is -2.23. The van der Waals surface area contributed by atoms with Crippen LogP contribution in [0.3, 0.4) is 0 Å². The maximum atomic E-state index is 12.3. The number of ether oxygens (including phenoxy) is 1. The summed E-state index contributed by atoms with van der Waals surface area (Å²) in [6.07, 6.45) is 2.20. The standard InChI is InChI=1S/C17H20N2O2/c1-11(2)21-14-5-3-4-12(10-14)16-9-8-15(18)17(20)19(16)13-6-7-13/h3-5,8-11,13H,6-7,18H2,1-2H3. The van der Waals surface area contributed by atoms with Crippen molar-refractivity contribution in [3.63, 3.8) is 0 Å². The van der Waals surface area contributed by atoms with Gasteiger partial charge in [-0.05, 0) is 51.0 Å². The van der Waals surface area contributed by atoms with Crippen molar-refractivity contribution >= 4 is 5.69 Å². The number of rotatable bonds is 4. The molecule has 4 nitrogen and oxygen atoms in total. The number of benzene rings is 1. The summed E-state index contributed by atoms with van der Waals surface area (Å²) in [5.74, 6) is 0.814. The molecule has 1 aliphatic carbocycles. The number of hydrogen-bond acceptors (Lipinski definition) is 3. The summed E-state index contributed by atoms with van der Waals surface area (Å²) in [5, 5.41) is 0. The van der Waals surface area contributed by atoms with Gasteiger partial charge in [-0.2, -0.15) is 0 Å². The van der Waals surface area contributed by atoms with Crippen LogP contribution in [-0.4, -0.2) is 10.7 Å². The molecule has 0 spiro atoms. The van der Waals surface area contributed by atoms with Gasteiger partial charge in [-0.3, -0.25) is 4.79 Å². The van der Waals surface area contributed by atoms with Gasteiger partial charge >= 0.3 is 0 Å². The number of pyridine rings is 1. The van der Waals surface area contributed by atoms with Crippen molar-refractivity contribution in [1.29, 1.82) is 0 Å². The quantitative estimate of drug-likeness (QED) is 0.937. The number of nitrogens with zero attached hydrogens (tertiary/aromatic N) is 1. The minimum atomic E-state index is -0.0924. The third-order valence-electron chi connectivity index (χ3n) is 3.56. The van der Waals surface area contributed by atoms with Gasteiger partial charge in [-0.1, -0.05) is 12.1 Å². The maximum absolute atomic E-state index is 12.3. The molecule has 1 aromatic heterocycles. The van der Waals surface area contributed by atoms with Crippen molar-refractivity contribution in [2.24, 2.45) is 0 Å². The second-order valence-electron chi connectivity index (χ2n) is 5.77. The van der Waals surface area contributed by atoms with Gasteiger partial charge in [0, 0.05) is 11.6 Å². The summed E-state index contributed by atoms with van der Waals surface area (Å²) < 4.78 is 7.56. The Hall–Kier alpha value is -2.23. The summed E-state index contributed by atoms with van der Waals surface area (Å²) in [6, 6.07) is 11.7. The molecule has 1 saturated carbocycles. The topological polar surface area (TPSA) is 57.2 Å². The first kappa shape index (κ1) is 13.7. The van der Waals surface area contributed by atoms with Gasteiger partial charge in [0.2, 0.25) is 0 Å². The highest BCUT2D eigenvalue weighted by atomic mass is 16.5. The Morgan fingerprint density at radius 2 is 2.00 bits per heavy atom. The molecular weight excluding hydrogens is 264 g/mol. The van der Waals surface area contributed by atoms with Crippen LogP contribution in [-0.2, 0) is 0 Å². The Kier molecular flexibility index (Phi) is 3.45. The molecule has 1 aromatic carbocycles. The minimum Gasteiger partial charge on any atom is -0.491 e. The van der Waals surface area contributed by atoms with Crippen molar-refractivity contribution in [2.45, 2.75) is 38.8 Å². The minimum absolute atomic E-state index is 0.0924. The second-order valence-corrected chi connectivity index (χ2v) is 5.77. The highest BCUT2D eigenvalue weighted by molar-refractivity contribution is 5.63. The van der Waals surface area contributed by atoms with Crippen LogP contribution < -0.4 is 16.0 Å². The first-order chi connectivity index (χ1) is 10.1. The number of nitrogens with two attached hydrogens (primary N) is 1. The van der Waals surface area contributed by atoms with Gasteiger partial charge in [-0.25, -0.2) is 0 Å². The lowest BCUT2D eigenvalue weighted by molar-refractivity contribution is 0.242. The van der Waals surface area contributed by atoms with Gasteiger partial charge in [0.25, 0.3) is 5.56 Å². The highest BCUT2D eigenvalue weighted by Gasteiger charge is 2.27. The average molecular weight is 284 g/mol. The van der Waals surface area contributed by atoms with Crippen molar-refractivity contribution in [2.75, 3.05) is 5.73 Å². The number of nitrogen functional groups attached to an aromatic ring is 1. The zero-order valence-electron chi connectivity index (χ0n) is 12.4. The third kappa shape index (κ3) is 2.79. The van der Waals surface area contributed by atoms with Crippen molar-refractivity contribution in [1.82, 2.24) is 4.57 Å². The van der Waals surface area contributed by atoms with Crippen LogP contribution in [0.5, 0.6) is 5.75 Å². The molecule has 0 atom stereocenters. The van der Waals surface area contributed by atoms with Gasteiger partial charge in [-0.15, -0.1) is 0 Å². The molecule has 0 saturated heterocycles. The fourth-order valence-electron chi connectivity index (χ4n) is 2.50. The monoisotopic (exact) mass is 284 g/mol. The molecule has 0 unspecified atom stereocenters. The van der Waals surface area contributed by atoms with E-state index < -0.39 is 0 Å². The van der Waals surface area contributed by atoms with E-state index in [2.05, 4.69) is 0 Å². The maximum Gasteiger partial charge on any atom is 0.274 e. The summed E-state index contributed by atoms with van der Waals surface area (Å²) in [6.45, 7) is 3.99. The highest BCUT2D eigenvalue weighted by Crippen LogP contribution is 2.37. The molecule has 1 fully saturated rings. The molecule has 0 aliphatic heterocycles. The molecule has 3 rings (SSSR count). The van der Waals surface area contributed by atoms with Crippen LogP contribution in [0.2, 0.25) is 0 Å². The van der Waals surface area contributed by atoms with Crippen molar-refractivity contribution in [3.8, 4) is 17.0 Å². The normalized spacial score (nSPS) is 14.4. The Labute approximate surface area is 124 Å². The first-order valence-electron chi connectivity index (χ1n) is 7.34. The van der Waals surface area contributed by atoms with E-state index in [4.69, 9.17) is 10.5 Å². The van der Waals surface area contributed by atoms with E-state index in [1.54, 1.807) is 6.07 Å². The van der Waals surface area contributed by atoms with Crippen LogP contribution in [0.15, 0.2) is 41.2 Å². The lowest BCUT2D eigenvalue weighted by Gasteiger charge is -2.15. The van der Waals surface area contributed by atoms with Gasteiger partial charge < -0.3 is 15.0 Å². The summed E-state index contributed by atoms with van der Waals surface area (Å²) in [5.41, 5.74) is 7.88. The number of aromatic nitrogens is 1. The van der Waals surface area contributed by atoms with Gasteiger partial charge in [0.15, 0.2) is 0 Å². The largest absolute Gasteiger partial charge is 0.491 e. The summed E-state index contributed by atoms with van der Waals surface area (Å²) >= 11 is 0. The smallest absolute Gasteiger partial charge is 0.274 e. The Bertz CT molecular complexity index is 715. The zero-order chi connectivity index (χ0) is 15.0. The van der Waals surface area contributed by atoms with Crippen molar-refractivity contribution in [3.05, 3.63) is 46.8 Å². The van der Waals surface area contributed by atoms with E-state index in [9.17, 15) is 4.79 Å². The lowest BCUT2D eigenvalue weighted by atomic mass is 10.1. The molecule has 21 heavy (non-hydrogen) atoms. The zero-order valence-corrected chi connectivity index (χ0v) is 12.4. The summed E-state index contributed by atoms with van der Waals surface area (Å²) in [7, 11) is 0. The molecule has 2 N–H and O–H groups in total. The molecule has 0 amide bonds. The third-order valence-corrected chi connectivity index (χ3v) is 3.56. The Morgan fingerprint density at radius 3 is 2.67 bits per heavy atom. The molecule has 0 bridgehead atoms. The van der Waals surface area contributed by atoms with Crippen LogP contribution in [0.1, 0.15) is 32.7 Å². The first-order valence-corrected chi connectivity index (χ1v) is 7.34. The van der Waals surface area contributed by atoms with E-state index in [-0.39, 0.29) is 17.7 Å². The Balaban J connectivity index is 2.08. The SMILES string of the molecule is CC(C)Oc1cccc(-c2ccc(N)c(=O)n2C2CC2)c1. The number of anilines is 1. The fourth-order valence-corrected chi connectivity index (χ4v) is 2.50. The van der Waals surface area contributed by atoms with Gasteiger partial charge in [0.1, 0.15) is 5.75 Å². The molecule has 0 radical (unpaired) electrons. The fraction of sp³-hybridized carbons (Fsp3) is 0.353. The molecule has 2 aromatic rings. The molecule has 110 valence electrons. The van der Waals surface area contributed by atoms with Crippen LogP contribution in [0, 0.1) is 0 Å². The Morgan fingerprint density at radius 1 is 1.24 bits per heavy atom.